The third-order valence-electron chi connectivity index (χ3n) is 2.69. The molecule has 0 saturated carbocycles. The predicted octanol–water partition coefficient (Wildman–Crippen LogP) is -0.535. The number of hydrogen-bond acceptors (Lipinski definition) is 5. The van der Waals surface area contributed by atoms with E-state index in [1.807, 2.05) is 6.92 Å². The van der Waals surface area contributed by atoms with Crippen LogP contribution in [0.1, 0.15) is 13.3 Å². The van der Waals surface area contributed by atoms with Gasteiger partial charge in [-0.15, -0.1) is 0 Å². The fourth-order valence-electron chi connectivity index (χ4n) is 1.89. The third-order valence-corrected chi connectivity index (χ3v) is 2.69. The average molecular weight is 233 g/mol. The van der Waals surface area contributed by atoms with Crippen LogP contribution in [-0.4, -0.2) is 73.4 Å². The molecule has 1 aliphatic heterocycles. The van der Waals surface area contributed by atoms with E-state index in [0.29, 0.717) is 26.3 Å². The minimum atomic E-state index is -0.496. The van der Waals surface area contributed by atoms with E-state index in [1.54, 1.807) is 7.11 Å². The molecule has 96 valence electrons. The molecule has 1 aliphatic rings. The Balaban J connectivity index is 2.08. The standard InChI is InChI=1S/C11H23NO4/c1-9(7-15-2)16-8-11(14)6-12-4-3-10(13)5-12/h9-11,13-14H,3-8H2,1-2H3/t9?,10-,11?/m1/s1. The van der Waals surface area contributed by atoms with E-state index >= 15 is 0 Å². The smallest absolute Gasteiger partial charge is 0.0900 e. The maximum Gasteiger partial charge on any atom is 0.0900 e. The largest absolute Gasteiger partial charge is 0.392 e. The number of aliphatic hydroxyl groups is 2. The van der Waals surface area contributed by atoms with E-state index in [0.717, 1.165) is 13.0 Å². The average Bonchev–Trinajstić information content (AvgIpc) is 2.61. The monoisotopic (exact) mass is 233 g/mol. The zero-order valence-electron chi connectivity index (χ0n) is 10.1. The summed E-state index contributed by atoms with van der Waals surface area (Å²) in [7, 11) is 1.63. The topological polar surface area (TPSA) is 62.2 Å². The van der Waals surface area contributed by atoms with Crippen LogP contribution in [0.15, 0.2) is 0 Å². The van der Waals surface area contributed by atoms with Gasteiger partial charge in [0, 0.05) is 26.7 Å². The molecule has 0 bridgehead atoms. The number of rotatable bonds is 7. The zero-order valence-corrected chi connectivity index (χ0v) is 10.1. The summed E-state index contributed by atoms with van der Waals surface area (Å²) in [6.45, 7) is 4.84. The number of hydrogen-bond donors (Lipinski definition) is 2. The lowest BCUT2D eigenvalue weighted by molar-refractivity contribution is -0.0387. The van der Waals surface area contributed by atoms with Gasteiger partial charge in [0.1, 0.15) is 0 Å². The molecule has 1 fully saturated rings. The van der Waals surface area contributed by atoms with Crippen molar-refractivity contribution in [3.05, 3.63) is 0 Å². The van der Waals surface area contributed by atoms with Crippen LogP contribution in [0.2, 0.25) is 0 Å². The van der Waals surface area contributed by atoms with Gasteiger partial charge >= 0.3 is 0 Å². The third kappa shape index (κ3) is 5.23. The molecular formula is C11H23NO4. The van der Waals surface area contributed by atoms with Gasteiger partial charge in [0.2, 0.25) is 0 Å². The maximum absolute atomic E-state index is 9.72. The Morgan fingerprint density at radius 3 is 2.75 bits per heavy atom. The van der Waals surface area contributed by atoms with Crippen LogP contribution in [0.3, 0.4) is 0 Å². The molecule has 2 unspecified atom stereocenters. The fraction of sp³-hybridized carbons (Fsp3) is 1.00. The van der Waals surface area contributed by atoms with Crippen molar-refractivity contribution in [2.45, 2.75) is 31.7 Å². The summed E-state index contributed by atoms with van der Waals surface area (Å²) in [5, 5.41) is 19.1. The van der Waals surface area contributed by atoms with Crippen molar-refractivity contribution in [3.8, 4) is 0 Å². The lowest BCUT2D eigenvalue weighted by atomic mass is 10.3. The molecule has 0 aromatic rings. The molecule has 0 radical (unpaired) electrons. The minimum absolute atomic E-state index is 0.00354. The summed E-state index contributed by atoms with van der Waals surface area (Å²) >= 11 is 0. The van der Waals surface area contributed by atoms with Crippen LogP contribution < -0.4 is 0 Å². The fourth-order valence-corrected chi connectivity index (χ4v) is 1.89. The number of methoxy groups -OCH3 is 1. The van der Waals surface area contributed by atoms with Crippen LogP contribution in [0.25, 0.3) is 0 Å². The molecule has 0 spiro atoms. The van der Waals surface area contributed by atoms with Crippen LogP contribution in [0, 0.1) is 0 Å². The second kappa shape index (κ2) is 7.19. The summed E-state index contributed by atoms with van der Waals surface area (Å²) in [6, 6.07) is 0. The highest BCUT2D eigenvalue weighted by atomic mass is 16.5. The molecule has 5 heteroatoms. The summed E-state index contributed by atoms with van der Waals surface area (Å²) in [5.41, 5.74) is 0. The van der Waals surface area contributed by atoms with E-state index in [1.165, 1.54) is 0 Å². The van der Waals surface area contributed by atoms with Crippen LogP contribution in [0.4, 0.5) is 0 Å². The highest BCUT2D eigenvalue weighted by Crippen LogP contribution is 2.09. The highest BCUT2D eigenvalue weighted by molar-refractivity contribution is 4.76. The Morgan fingerprint density at radius 2 is 2.19 bits per heavy atom. The first-order valence-electron chi connectivity index (χ1n) is 5.80. The van der Waals surface area contributed by atoms with Gasteiger partial charge < -0.3 is 19.7 Å². The first-order chi connectivity index (χ1) is 7.61. The molecule has 1 saturated heterocycles. The summed E-state index contributed by atoms with van der Waals surface area (Å²) < 4.78 is 10.4. The first kappa shape index (κ1) is 13.9. The number of nitrogens with zero attached hydrogens (tertiary/aromatic N) is 1. The molecular weight excluding hydrogens is 210 g/mol. The van der Waals surface area contributed by atoms with Crippen LogP contribution >= 0.6 is 0 Å². The lowest BCUT2D eigenvalue weighted by Crippen LogP contribution is -2.35. The molecule has 5 nitrogen and oxygen atoms in total. The summed E-state index contributed by atoms with van der Waals surface area (Å²) in [5.74, 6) is 0. The minimum Gasteiger partial charge on any atom is -0.392 e. The second-order valence-corrected chi connectivity index (χ2v) is 4.46. The normalized spacial score (nSPS) is 25.9. The van der Waals surface area contributed by atoms with Gasteiger partial charge in [0.25, 0.3) is 0 Å². The molecule has 1 heterocycles. The van der Waals surface area contributed by atoms with Crippen LogP contribution in [-0.2, 0) is 9.47 Å². The van der Waals surface area contributed by atoms with Crippen molar-refractivity contribution in [2.24, 2.45) is 0 Å². The second-order valence-electron chi connectivity index (χ2n) is 4.46. The number of likely N-dealkylation sites (tertiary alicyclic amines) is 1. The van der Waals surface area contributed by atoms with E-state index in [4.69, 9.17) is 9.47 Å². The summed E-state index contributed by atoms with van der Waals surface area (Å²) in [6.07, 6.45) is 0.0714. The van der Waals surface area contributed by atoms with Gasteiger partial charge in [-0.25, -0.2) is 0 Å². The molecule has 3 atom stereocenters. The van der Waals surface area contributed by atoms with Crippen molar-refractivity contribution < 1.29 is 19.7 Å². The van der Waals surface area contributed by atoms with Crippen molar-refractivity contribution in [3.63, 3.8) is 0 Å². The van der Waals surface area contributed by atoms with Gasteiger partial charge in [0.05, 0.1) is 31.5 Å². The van der Waals surface area contributed by atoms with Crippen molar-refractivity contribution >= 4 is 0 Å². The zero-order chi connectivity index (χ0) is 12.0. The van der Waals surface area contributed by atoms with Crippen LogP contribution in [0.5, 0.6) is 0 Å². The highest BCUT2D eigenvalue weighted by Gasteiger charge is 2.22. The SMILES string of the molecule is COCC(C)OCC(O)CN1CC[C@@H](O)C1. The number of β-amino-alcohol motifs (C(OH)–C–C–N with tert-alkyl or cyclic N) is 2. The maximum atomic E-state index is 9.72. The van der Waals surface area contributed by atoms with Gasteiger partial charge in [0.15, 0.2) is 0 Å². The Labute approximate surface area is 97.0 Å². The first-order valence-corrected chi connectivity index (χ1v) is 5.80. The van der Waals surface area contributed by atoms with Crippen molar-refractivity contribution in [1.29, 1.82) is 0 Å². The molecule has 0 aromatic carbocycles. The van der Waals surface area contributed by atoms with E-state index in [9.17, 15) is 10.2 Å². The molecule has 0 aromatic heterocycles. The Kier molecular flexibility index (Phi) is 6.23. The number of ether oxygens (including phenoxy) is 2. The van der Waals surface area contributed by atoms with Gasteiger partial charge in [-0.05, 0) is 13.3 Å². The quantitative estimate of drug-likeness (QED) is 0.619. The Hall–Kier alpha value is -0.200. The van der Waals surface area contributed by atoms with E-state index < -0.39 is 6.10 Å². The Morgan fingerprint density at radius 1 is 1.44 bits per heavy atom. The predicted molar refractivity (Wildman–Crippen MR) is 60.4 cm³/mol. The van der Waals surface area contributed by atoms with Crippen molar-refractivity contribution in [2.75, 3.05) is 40.0 Å². The van der Waals surface area contributed by atoms with E-state index in [2.05, 4.69) is 4.90 Å². The van der Waals surface area contributed by atoms with Gasteiger partial charge in [-0.3, -0.25) is 4.90 Å². The van der Waals surface area contributed by atoms with E-state index in [-0.39, 0.29) is 12.2 Å². The van der Waals surface area contributed by atoms with Gasteiger partial charge in [-0.2, -0.15) is 0 Å². The summed E-state index contributed by atoms with van der Waals surface area (Å²) in [4.78, 5) is 2.06. The molecule has 0 amide bonds. The number of aliphatic hydroxyl groups excluding tert-OH is 2. The molecule has 1 rings (SSSR count). The Bertz CT molecular complexity index is 191. The molecule has 2 N–H and O–H groups in total. The van der Waals surface area contributed by atoms with Gasteiger partial charge in [-0.1, -0.05) is 0 Å². The molecule has 16 heavy (non-hydrogen) atoms. The lowest BCUT2D eigenvalue weighted by Gasteiger charge is -2.21. The molecule has 0 aliphatic carbocycles. The van der Waals surface area contributed by atoms with Crippen molar-refractivity contribution in [1.82, 2.24) is 4.90 Å².